The third kappa shape index (κ3) is 3.70. The molecule has 6 nitrogen and oxygen atoms in total. The monoisotopic (exact) mass is 342 g/mol. The Morgan fingerprint density at radius 3 is 2.64 bits per heavy atom. The molecule has 0 amide bonds. The maximum Gasteiger partial charge on any atom is 0.118 e. The van der Waals surface area contributed by atoms with Gasteiger partial charge in [0, 0.05) is 39.2 Å². The lowest BCUT2D eigenvalue weighted by Crippen LogP contribution is -2.36. The molecule has 0 bridgehead atoms. The molecular formula is C19H26N4O2. The Labute approximate surface area is 148 Å². The summed E-state index contributed by atoms with van der Waals surface area (Å²) in [6, 6.07) is 8.29. The SMILES string of the molecule is COC[C@@H]1CN(Cc2ccc(OC)cc2)Cc2nnn(CC3CC3)c21. The minimum Gasteiger partial charge on any atom is -0.497 e. The average molecular weight is 342 g/mol. The molecule has 0 N–H and O–H groups in total. The van der Waals surface area contributed by atoms with E-state index in [0.29, 0.717) is 12.5 Å². The smallest absolute Gasteiger partial charge is 0.118 e. The van der Waals surface area contributed by atoms with Gasteiger partial charge in [0.05, 0.1) is 19.4 Å². The molecule has 4 rings (SSSR count). The number of nitrogens with zero attached hydrogens (tertiary/aromatic N) is 4. The van der Waals surface area contributed by atoms with E-state index in [1.54, 1.807) is 14.2 Å². The van der Waals surface area contributed by atoms with Crippen molar-refractivity contribution in [3.63, 3.8) is 0 Å². The van der Waals surface area contributed by atoms with Gasteiger partial charge in [-0.3, -0.25) is 4.90 Å². The highest BCUT2D eigenvalue weighted by molar-refractivity contribution is 5.28. The third-order valence-corrected chi connectivity index (χ3v) is 5.15. The van der Waals surface area contributed by atoms with E-state index in [1.165, 1.54) is 24.1 Å². The number of aromatic nitrogens is 3. The van der Waals surface area contributed by atoms with Crippen molar-refractivity contribution in [2.45, 2.75) is 38.4 Å². The van der Waals surface area contributed by atoms with Crippen LogP contribution in [0.15, 0.2) is 24.3 Å². The molecule has 1 aromatic heterocycles. The number of benzene rings is 1. The van der Waals surface area contributed by atoms with Crippen LogP contribution in [0.3, 0.4) is 0 Å². The lowest BCUT2D eigenvalue weighted by molar-refractivity contribution is 0.131. The van der Waals surface area contributed by atoms with Gasteiger partial charge in [0.1, 0.15) is 11.4 Å². The fourth-order valence-corrected chi connectivity index (χ4v) is 3.71. The Balaban J connectivity index is 1.50. The van der Waals surface area contributed by atoms with E-state index in [-0.39, 0.29) is 0 Å². The number of rotatable bonds is 7. The molecule has 1 aromatic carbocycles. The fourth-order valence-electron chi connectivity index (χ4n) is 3.71. The van der Waals surface area contributed by atoms with Gasteiger partial charge >= 0.3 is 0 Å². The van der Waals surface area contributed by atoms with E-state index in [1.807, 2.05) is 12.1 Å². The summed E-state index contributed by atoms with van der Waals surface area (Å²) in [5.41, 5.74) is 3.69. The number of fused-ring (bicyclic) bond motifs is 1. The molecule has 0 saturated heterocycles. The van der Waals surface area contributed by atoms with E-state index >= 15 is 0 Å². The van der Waals surface area contributed by atoms with Crippen molar-refractivity contribution in [1.82, 2.24) is 19.9 Å². The van der Waals surface area contributed by atoms with Crippen LogP contribution in [-0.2, 0) is 24.4 Å². The molecule has 0 spiro atoms. The van der Waals surface area contributed by atoms with Gasteiger partial charge in [-0.2, -0.15) is 0 Å². The van der Waals surface area contributed by atoms with Crippen molar-refractivity contribution in [3.05, 3.63) is 41.2 Å². The molecule has 134 valence electrons. The zero-order valence-corrected chi connectivity index (χ0v) is 15.0. The van der Waals surface area contributed by atoms with Crippen LogP contribution in [0.25, 0.3) is 0 Å². The van der Waals surface area contributed by atoms with Crippen molar-refractivity contribution in [2.75, 3.05) is 27.4 Å². The van der Waals surface area contributed by atoms with Gasteiger partial charge in [-0.25, -0.2) is 4.68 Å². The van der Waals surface area contributed by atoms with E-state index in [4.69, 9.17) is 9.47 Å². The Bertz CT molecular complexity index is 709. The van der Waals surface area contributed by atoms with E-state index in [2.05, 4.69) is 32.0 Å². The quantitative estimate of drug-likeness (QED) is 0.774. The summed E-state index contributed by atoms with van der Waals surface area (Å²) in [6.07, 6.45) is 2.65. The molecular weight excluding hydrogens is 316 g/mol. The zero-order chi connectivity index (χ0) is 17.2. The van der Waals surface area contributed by atoms with Crippen molar-refractivity contribution >= 4 is 0 Å². The summed E-state index contributed by atoms with van der Waals surface area (Å²) in [5.74, 6) is 2.03. The molecule has 1 atom stereocenters. The summed E-state index contributed by atoms with van der Waals surface area (Å²) in [6.45, 7) is 4.46. The highest BCUT2D eigenvalue weighted by Crippen LogP contribution is 2.34. The van der Waals surface area contributed by atoms with Gasteiger partial charge < -0.3 is 9.47 Å². The molecule has 2 heterocycles. The van der Waals surface area contributed by atoms with Gasteiger partial charge in [-0.15, -0.1) is 5.10 Å². The lowest BCUT2D eigenvalue weighted by atomic mass is 9.98. The van der Waals surface area contributed by atoms with Crippen LogP contribution < -0.4 is 4.74 Å². The standard InChI is InChI=1S/C19H26N4O2/c1-24-13-16-11-22(9-14-5-7-17(25-2)8-6-14)12-18-19(16)23(21-20-18)10-15-3-4-15/h5-8,15-16H,3-4,9-13H2,1-2H3/t16-/m0/s1. The third-order valence-electron chi connectivity index (χ3n) is 5.15. The Morgan fingerprint density at radius 1 is 1.16 bits per heavy atom. The molecule has 2 aromatic rings. The number of ether oxygens (including phenoxy) is 2. The van der Waals surface area contributed by atoms with Crippen molar-refractivity contribution < 1.29 is 9.47 Å². The highest BCUT2D eigenvalue weighted by atomic mass is 16.5. The topological polar surface area (TPSA) is 52.4 Å². The molecule has 1 fully saturated rings. The predicted octanol–water partition coefficient (Wildman–Crippen LogP) is 2.44. The lowest BCUT2D eigenvalue weighted by Gasteiger charge is -2.32. The van der Waals surface area contributed by atoms with E-state index in [9.17, 15) is 0 Å². The molecule has 25 heavy (non-hydrogen) atoms. The second-order valence-corrected chi connectivity index (χ2v) is 7.22. The second-order valence-electron chi connectivity index (χ2n) is 7.22. The molecule has 1 aliphatic carbocycles. The van der Waals surface area contributed by atoms with Crippen molar-refractivity contribution in [3.8, 4) is 5.75 Å². The maximum absolute atomic E-state index is 5.50. The van der Waals surface area contributed by atoms with E-state index in [0.717, 1.165) is 43.5 Å². The normalized spacial score (nSPS) is 20.5. The van der Waals surface area contributed by atoms with Gasteiger partial charge in [0.2, 0.25) is 0 Å². The Morgan fingerprint density at radius 2 is 1.96 bits per heavy atom. The average Bonchev–Trinajstić information content (AvgIpc) is 3.35. The first-order chi connectivity index (χ1) is 12.3. The maximum atomic E-state index is 5.50. The summed E-state index contributed by atoms with van der Waals surface area (Å²) < 4.78 is 12.9. The molecule has 1 saturated carbocycles. The Hall–Kier alpha value is -1.92. The molecule has 0 unspecified atom stereocenters. The first-order valence-corrected chi connectivity index (χ1v) is 9.03. The summed E-state index contributed by atoms with van der Waals surface area (Å²) in [4.78, 5) is 2.43. The number of hydrogen-bond donors (Lipinski definition) is 0. The minimum absolute atomic E-state index is 0.334. The van der Waals surface area contributed by atoms with Crippen LogP contribution in [0.2, 0.25) is 0 Å². The van der Waals surface area contributed by atoms with E-state index < -0.39 is 0 Å². The van der Waals surface area contributed by atoms with Crippen LogP contribution >= 0.6 is 0 Å². The minimum atomic E-state index is 0.334. The van der Waals surface area contributed by atoms with Crippen LogP contribution in [-0.4, -0.2) is 47.3 Å². The molecule has 2 aliphatic rings. The fraction of sp³-hybridized carbons (Fsp3) is 0.579. The zero-order valence-electron chi connectivity index (χ0n) is 15.0. The summed E-state index contributed by atoms with van der Waals surface area (Å²) in [7, 11) is 3.47. The molecule has 0 radical (unpaired) electrons. The Kier molecular flexibility index (Phi) is 4.72. The molecule has 1 aliphatic heterocycles. The highest BCUT2D eigenvalue weighted by Gasteiger charge is 2.32. The van der Waals surface area contributed by atoms with Gasteiger partial charge in [0.15, 0.2) is 0 Å². The van der Waals surface area contributed by atoms with Crippen LogP contribution in [0.1, 0.15) is 35.7 Å². The van der Waals surface area contributed by atoms with Crippen LogP contribution in [0.4, 0.5) is 0 Å². The number of methoxy groups -OCH3 is 2. The number of hydrogen-bond acceptors (Lipinski definition) is 5. The largest absolute Gasteiger partial charge is 0.497 e. The summed E-state index contributed by atoms with van der Waals surface area (Å²) in [5, 5.41) is 8.93. The van der Waals surface area contributed by atoms with Crippen LogP contribution in [0.5, 0.6) is 5.75 Å². The second kappa shape index (κ2) is 7.14. The summed E-state index contributed by atoms with van der Waals surface area (Å²) >= 11 is 0. The van der Waals surface area contributed by atoms with Gasteiger partial charge in [-0.05, 0) is 36.5 Å². The van der Waals surface area contributed by atoms with Gasteiger partial charge in [-0.1, -0.05) is 17.3 Å². The van der Waals surface area contributed by atoms with Gasteiger partial charge in [0.25, 0.3) is 0 Å². The van der Waals surface area contributed by atoms with Crippen molar-refractivity contribution in [2.24, 2.45) is 5.92 Å². The van der Waals surface area contributed by atoms with Crippen molar-refractivity contribution in [1.29, 1.82) is 0 Å². The first-order valence-electron chi connectivity index (χ1n) is 9.03. The predicted molar refractivity (Wildman–Crippen MR) is 94.5 cm³/mol. The first kappa shape index (κ1) is 16.5. The molecule has 6 heteroatoms. The van der Waals surface area contributed by atoms with Crippen LogP contribution in [0, 0.1) is 5.92 Å².